The van der Waals surface area contributed by atoms with Crippen molar-refractivity contribution in [3.63, 3.8) is 0 Å². The molecular weight excluding hydrogens is 855 g/mol. The molecule has 6 N–H and O–H groups in total. The normalized spacial score (nSPS) is 15.5. The van der Waals surface area contributed by atoms with Gasteiger partial charge in [-0.05, 0) is 99.5 Å². The van der Waals surface area contributed by atoms with E-state index in [1.54, 1.807) is 48.6 Å². The lowest BCUT2D eigenvalue weighted by Gasteiger charge is -2.31. The van der Waals surface area contributed by atoms with Crippen LogP contribution in [-0.2, 0) is 47.7 Å². The number of nitrogens with zero attached hydrogens (tertiary/aromatic N) is 1. The zero-order chi connectivity index (χ0) is 50.0. The van der Waals surface area contributed by atoms with Crippen LogP contribution in [-0.4, -0.2) is 135 Å². The van der Waals surface area contributed by atoms with Crippen LogP contribution < -0.4 is 31.9 Å². The largest absolute Gasteiger partial charge is 0.444 e. The van der Waals surface area contributed by atoms with Crippen molar-refractivity contribution < 1.29 is 57.3 Å². The highest BCUT2D eigenvalue weighted by Gasteiger charge is 2.34. The topological polar surface area (TPSA) is 249 Å². The van der Waals surface area contributed by atoms with Crippen LogP contribution >= 0.6 is 0 Å². The summed E-state index contributed by atoms with van der Waals surface area (Å²) in [6.45, 7) is 16.5. The van der Waals surface area contributed by atoms with Crippen LogP contribution in [0.15, 0.2) is 11.3 Å². The molecule has 1 rings (SSSR count). The molecule has 19 heteroatoms. The molecular formula is C47H83N7O12. The standard InChI is InChI=1S/C47H83N7O12/c1-13-14-15-19-23-37(32(4)43(60)54(12)34(29-55)26-31(2)3)64-38(56)28-50-40(57)36(30-63-25-20-24-49-44(61)65-46(5,6)7)53-41(58)35(27-51-45(62)66-47(8,9)10)52-42(59)39(48-11)33-21-17-16-18-22-33/h29,31,33-36,39,48H,13-28,30H2,1-12H3,(H,49,61)(H,50,57)(H,51,62)(H,52,59)(H,53,58)/b37-32-. The average molecular weight is 938 g/mol. The van der Waals surface area contributed by atoms with Crippen LogP contribution in [0.2, 0.25) is 0 Å². The van der Waals surface area contributed by atoms with Crippen molar-refractivity contribution in [3.8, 4) is 0 Å². The molecule has 1 aliphatic rings. The van der Waals surface area contributed by atoms with Gasteiger partial charge in [0, 0.05) is 26.6 Å². The van der Waals surface area contributed by atoms with Crippen LogP contribution in [0.5, 0.6) is 0 Å². The number of hydrogen-bond acceptors (Lipinski definition) is 13. The van der Waals surface area contributed by atoms with Gasteiger partial charge in [-0.15, -0.1) is 0 Å². The number of likely N-dealkylation sites (N-methyl/N-ethyl adjacent to an activating group) is 2. The molecule has 4 atom stereocenters. The molecule has 66 heavy (non-hydrogen) atoms. The third-order valence-corrected chi connectivity index (χ3v) is 10.6. The molecule has 0 bridgehead atoms. The van der Waals surface area contributed by atoms with Gasteiger partial charge in [0.15, 0.2) is 0 Å². The average Bonchev–Trinajstić information content (AvgIpc) is 3.23. The lowest BCUT2D eigenvalue weighted by atomic mass is 9.83. The minimum Gasteiger partial charge on any atom is -0.444 e. The highest BCUT2D eigenvalue weighted by molar-refractivity contribution is 5.96. The lowest BCUT2D eigenvalue weighted by molar-refractivity contribution is -0.141. The molecule has 0 radical (unpaired) electrons. The maximum absolute atomic E-state index is 14.1. The Hall–Kier alpha value is -4.78. The Kier molecular flexibility index (Phi) is 27.4. The van der Waals surface area contributed by atoms with E-state index in [1.807, 2.05) is 13.8 Å². The predicted molar refractivity (Wildman–Crippen MR) is 250 cm³/mol. The van der Waals surface area contributed by atoms with Crippen LogP contribution in [0.1, 0.15) is 146 Å². The van der Waals surface area contributed by atoms with Crippen LogP contribution in [0.3, 0.4) is 0 Å². The molecule has 0 aromatic carbocycles. The Labute approximate surface area is 393 Å². The number of aldehydes is 1. The first kappa shape index (κ1) is 59.2. The number of ether oxygens (including phenoxy) is 4. The van der Waals surface area contributed by atoms with E-state index < -0.39 is 96.9 Å². The molecule has 1 fully saturated rings. The quantitative estimate of drug-likeness (QED) is 0.0158. The molecule has 378 valence electrons. The Morgan fingerprint density at radius 1 is 0.773 bits per heavy atom. The molecule has 1 saturated carbocycles. The van der Waals surface area contributed by atoms with E-state index in [-0.39, 0.29) is 42.7 Å². The number of rotatable bonds is 28. The number of carbonyl (C=O) groups is 8. The summed E-state index contributed by atoms with van der Waals surface area (Å²) in [4.78, 5) is 107. The summed E-state index contributed by atoms with van der Waals surface area (Å²) in [7, 11) is 3.19. The fraction of sp³-hybridized carbons (Fsp3) is 0.787. The van der Waals surface area contributed by atoms with Crippen LogP contribution in [0, 0.1) is 11.8 Å². The van der Waals surface area contributed by atoms with Crippen molar-refractivity contribution in [2.75, 3.05) is 46.9 Å². The summed E-state index contributed by atoms with van der Waals surface area (Å²) >= 11 is 0. The first-order valence-corrected chi connectivity index (χ1v) is 23.6. The van der Waals surface area contributed by atoms with Crippen molar-refractivity contribution >= 4 is 48.1 Å². The molecule has 6 amide bonds. The first-order valence-electron chi connectivity index (χ1n) is 23.6. The number of carbonyl (C=O) groups excluding carboxylic acids is 8. The van der Waals surface area contributed by atoms with Gasteiger partial charge in [-0.3, -0.25) is 19.2 Å². The maximum Gasteiger partial charge on any atom is 0.407 e. The Morgan fingerprint density at radius 2 is 1.38 bits per heavy atom. The van der Waals surface area contributed by atoms with Gasteiger partial charge in [-0.25, -0.2) is 14.4 Å². The summed E-state index contributed by atoms with van der Waals surface area (Å²) in [6.07, 6.45) is 8.27. The van der Waals surface area contributed by atoms with Gasteiger partial charge >= 0.3 is 18.2 Å². The van der Waals surface area contributed by atoms with Gasteiger partial charge in [0.25, 0.3) is 5.91 Å². The lowest BCUT2D eigenvalue weighted by Crippen LogP contribution is -2.60. The highest BCUT2D eigenvalue weighted by Crippen LogP contribution is 2.27. The number of alkyl carbamates (subject to hydrolysis) is 2. The monoisotopic (exact) mass is 938 g/mol. The molecule has 0 aliphatic heterocycles. The smallest absolute Gasteiger partial charge is 0.407 e. The van der Waals surface area contributed by atoms with Crippen molar-refractivity contribution in [3.05, 3.63) is 11.3 Å². The third-order valence-electron chi connectivity index (χ3n) is 10.6. The zero-order valence-electron chi connectivity index (χ0n) is 41.9. The third kappa shape index (κ3) is 24.7. The molecule has 0 aromatic rings. The second kappa shape index (κ2) is 30.5. The second-order valence-electron chi connectivity index (χ2n) is 19.3. The maximum atomic E-state index is 14.1. The second-order valence-corrected chi connectivity index (χ2v) is 19.3. The van der Waals surface area contributed by atoms with E-state index in [2.05, 4.69) is 38.8 Å². The Morgan fingerprint density at radius 3 is 1.94 bits per heavy atom. The Balaban J connectivity index is 3.36. The van der Waals surface area contributed by atoms with Crippen LogP contribution in [0.25, 0.3) is 0 Å². The zero-order valence-corrected chi connectivity index (χ0v) is 41.9. The number of amides is 6. The van der Waals surface area contributed by atoms with Gasteiger partial charge in [0.05, 0.1) is 30.8 Å². The number of unbranched alkanes of at least 4 members (excludes halogenated alkanes) is 3. The number of esters is 1. The van der Waals surface area contributed by atoms with Gasteiger partial charge in [0.1, 0.15) is 41.9 Å². The summed E-state index contributed by atoms with van der Waals surface area (Å²) in [5.74, 6) is -3.21. The SMILES string of the molecule is CCCCCC/C(OC(=O)CNC(=O)C(COCCCNC(=O)OC(C)(C)C)NC(=O)C(CNC(=O)OC(C)(C)C)NC(=O)C(NC)C1CCCCC1)=C(\C)C(=O)N(C)C(C=O)CC(C)C. The minimum atomic E-state index is -1.43. The van der Waals surface area contributed by atoms with Crippen LogP contribution in [0.4, 0.5) is 9.59 Å². The van der Waals surface area contributed by atoms with Gasteiger partial charge < -0.3 is 60.5 Å². The molecule has 0 heterocycles. The fourth-order valence-corrected chi connectivity index (χ4v) is 7.16. The summed E-state index contributed by atoms with van der Waals surface area (Å²) in [5, 5.41) is 16.1. The summed E-state index contributed by atoms with van der Waals surface area (Å²) in [6, 6.07) is -4.10. The van der Waals surface area contributed by atoms with Gasteiger partial charge in [0.2, 0.25) is 17.7 Å². The van der Waals surface area contributed by atoms with Crippen molar-refractivity contribution in [1.82, 2.24) is 36.8 Å². The molecule has 0 spiro atoms. The number of hydrogen-bond donors (Lipinski definition) is 6. The van der Waals surface area contributed by atoms with E-state index in [9.17, 15) is 38.4 Å². The fourth-order valence-electron chi connectivity index (χ4n) is 7.16. The van der Waals surface area contributed by atoms with Crippen molar-refractivity contribution in [2.45, 2.75) is 182 Å². The van der Waals surface area contributed by atoms with E-state index >= 15 is 0 Å². The van der Waals surface area contributed by atoms with Gasteiger partial charge in [-0.2, -0.15) is 0 Å². The molecule has 19 nitrogen and oxygen atoms in total. The molecule has 1 aliphatic carbocycles. The van der Waals surface area contributed by atoms with Gasteiger partial charge in [-0.1, -0.05) is 59.3 Å². The number of allylic oxidation sites excluding steroid dienone is 1. The predicted octanol–water partition coefficient (Wildman–Crippen LogP) is 4.56. The minimum absolute atomic E-state index is 0.0235. The summed E-state index contributed by atoms with van der Waals surface area (Å²) in [5.41, 5.74) is -1.39. The van der Waals surface area contributed by atoms with Crippen molar-refractivity contribution in [2.24, 2.45) is 11.8 Å². The van der Waals surface area contributed by atoms with Crippen molar-refractivity contribution in [1.29, 1.82) is 0 Å². The molecule has 0 saturated heterocycles. The van der Waals surface area contributed by atoms with E-state index in [4.69, 9.17) is 18.9 Å². The van der Waals surface area contributed by atoms with E-state index in [0.717, 1.165) is 57.7 Å². The molecule has 4 unspecified atom stereocenters. The van der Waals surface area contributed by atoms with E-state index in [1.165, 1.54) is 18.9 Å². The van der Waals surface area contributed by atoms with E-state index in [0.29, 0.717) is 19.3 Å². The summed E-state index contributed by atoms with van der Waals surface area (Å²) < 4.78 is 22.1. The number of nitrogens with one attached hydrogen (secondary N) is 6. The Bertz CT molecular complexity index is 1600. The molecule has 0 aromatic heterocycles. The highest BCUT2D eigenvalue weighted by atomic mass is 16.6. The first-order chi connectivity index (χ1) is 30.9.